The molecule has 0 aromatic heterocycles. The molecule has 0 saturated carbocycles. The summed E-state index contributed by atoms with van der Waals surface area (Å²) in [4.78, 5) is 39.0. The van der Waals surface area contributed by atoms with Crippen molar-refractivity contribution in [1.82, 2.24) is 4.90 Å². The Bertz CT molecular complexity index is 1110. The highest BCUT2D eigenvalue weighted by Crippen LogP contribution is 2.34. The molecule has 0 atom stereocenters. The summed E-state index contributed by atoms with van der Waals surface area (Å²) >= 11 is 0.816. The maximum atomic E-state index is 12.8. The zero-order valence-corrected chi connectivity index (χ0v) is 20.8. The van der Waals surface area contributed by atoms with Gasteiger partial charge in [0.15, 0.2) is 11.5 Å². The van der Waals surface area contributed by atoms with Crippen LogP contribution in [0.15, 0.2) is 41.3 Å². The second-order valence-electron chi connectivity index (χ2n) is 7.96. The molecule has 1 aliphatic heterocycles. The monoisotopic (exact) mass is 482 g/mol. The van der Waals surface area contributed by atoms with Crippen LogP contribution in [0.5, 0.6) is 11.5 Å². The molecule has 2 aromatic rings. The number of carbonyl (C=O) groups is 3. The molecule has 0 unspecified atom stereocenters. The van der Waals surface area contributed by atoms with E-state index in [1.54, 1.807) is 24.3 Å². The molecular weight excluding hydrogens is 452 g/mol. The van der Waals surface area contributed by atoms with Gasteiger partial charge in [-0.2, -0.15) is 0 Å². The molecule has 1 N–H and O–H groups in total. The van der Waals surface area contributed by atoms with E-state index in [0.29, 0.717) is 36.0 Å². The minimum absolute atomic E-state index is 0.256. The number of unbranched alkanes of at least 4 members (excludes halogenated alkanes) is 1. The molecule has 3 amide bonds. The van der Waals surface area contributed by atoms with Crippen LogP contribution in [0.3, 0.4) is 0 Å². The van der Waals surface area contributed by atoms with Gasteiger partial charge in [-0.25, -0.2) is 0 Å². The van der Waals surface area contributed by atoms with Crippen molar-refractivity contribution in [2.75, 3.05) is 25.1 Å². The van der Waals surface area contributed by atoms with Gasteiger partial charge in [-0.3, -0.25) is 19.3 Å². The highest BCUT2D eigenvalue weighted by molar-refractivity contribution is 8.18. The first-order chi connectivity index (χ1) is 16.3. The van der Waals surface area contributed by atoms with E-state index in [1.807, 2.05) is 39.0 Å². The third-order valence-electron chi connectivity index (χ3n) is 5.29. The predicted molar refractivity (Wildman–Crippen MR) is 135 cm³/mol. The SMILES string of the molecule is CCCCOc1ccc(/C=C2\SC(=O)N(CC(=O)Nc3ccc(C)c(C)c3)C2=O)cc1OCC. The van der Waals surface area contributed by atoms with E-state index in [2.05, 4.69) is 12.2 Å². The lowest BCUT2D eigenvalue weighted by Gasteiger charge is -2.13. The normalized spacial score (nSPS) is 14.6. The number of hydrogen-bond acceptors (Lipinski definition) is 6. The number of nitrogens with one attached hydrogen (secondary N) is 1. The number of hydrogen-bond donors (Lipinski definition) is 1. The third-order valence-corrected chi connectivity index (χ3v) is 6.19. The van der Waals surface area contributed by atoms with Crippen LogP contribution < -0.4 is 14.8 Å². The lowest BCUT2D eigenvalue weighted by molar-refractivity contribution is -0.127. The summed E-state index contributed by atoms with van der Waals surface area (Å²) in [7, 11) is 0. The quantitative estimate of drug-likeness (QED) is 0.353. The lowest BCUT2D eigenvalue weighted by Crippen LogP contribution is -2.36. The van der Waals surface area contributed by atoms with E-state index in [4.69, 9.17) is 9.47 Å². The molecule has 1 saturated heterocycles. The predicted octanol–water partition coefficient (Wildman–Crippen LogP) is 5.56. The fourth-order valence-electron chi connectivity index (χ4n) is 3.28. The van der Waals surface area contributed by atoms with E-state index in [1.165, 1.54) is 0 Å². The first-order valence-electron chi connectivity index (χ1n) is 11.3. The van der Waals surface area contributed by atoms with Crippen LogP contribution in [0.25, 0.3) is 6.08 Å². The molecule has 8 heteroatoms. The van der Waals surface area contributed by atoms with Gasteiger partial charge in [0.05, 0.1) is 18.1 Å². The minimum Gasteiger partial charge on any atom is -0.490 e. The minimum atomic E-state index is -0.494. The number of ether oxygens (including phenoxy) is 2. The fraction of sp³-hybridized carbons (Fsp3) is 0.346. The molecule has 0 radical (unpaired) electrons. The van der Waals surface area contributed by atoms with Crippen molar-refractivity contribution in [1.29, 1.82) is 0 Å². The zero-order chi connectivity index (χ0) is 24.7. The molecule has 0 spiro atoms. The Balaban J connectivity index is 1.70. The van der Waals surface area contributed by atoms with Crippen molar-refractivity contribution in [3.05, 3.63) is 58.0 Å². The summed E-state index contributed by atoms with van der Waals surface area (Å²) in [6.45, 7) is 8.64. The van der Waals surface area contributed by atoms with Crippen LogP contribution in [0.4, 0.5) is 10.5 Å². The van der Waals surface area contributed by atoms with Crippen molar-refractivity contribution in [2.45, 2.75) is 40.5 Å². The molecule has 180 valence electrons. The van der Waals surface area contributed by atoms with E-state index in [0.717, 1.165) is 40.6 Å². The standard InChI is InChI=1S/C26H30N2O5S/c1-5-7-12-33-21-11-9-19(14-22(21)32-6-2)15-23-25(30)28(26(31)34-23)16-24(29)27-20-10-8-17(3)18(4)13-20/h8-11,13-15H,5-7,12,16H2,1-4H3,(H,27,29)/b23-15-. The fourth-order valence-corrected chi connectivity index (χ4v) is 4.12. The smallest absolute Gasteiger partial charge is 0.294 e. The molecule has 0 aliphatic carbocycles. The Kier molecular flexibility index (Phi) is 8.76. The maximum absolute atomic E-state index is 12.8. The molecule has 0 bridgehead atoms. The number of benzene rings is 2. The number of rotatable bonds is 10. The Hall–Kier alpha value is -3.26. The number of anilines is 1. The number of amides is 3. The molecule has 7 nitrogen and oxygen atoms in total. The van der Waals surface area contributed by atoms with Gasteiger partial charge in [0.2, 0.25) is 5.91 Å². The lowest BCUT2D eigenvalue weighted by atomic mass is 10.1. The molecule has 1 heterocycles. The molecule has 34 heavy (non-hydrogen) atoms. The van der Waals surface area contributed by atoms with E-state index in [-0.39, 0.29) is 11.4 Å². The van der Waals surface area contributed by atoms with E-state index >= 15 is 0 Å². The topological polar surface area (TPSA) is 84.9 Å². The van der Waals surface area contributed by atoms with Crippen LogP contribution in [0.1, 0.15) is 43.4 Å². The van der Waals surface area contributed by atoms with Crippen molar-refractivity contribution in [2.24, 2.45) is 0 Å². The summed E-state index contributed by atoms with van der Waals surface area (Å²) in [5.41, 5.74) is 3.49. The van der Waals surface area contributed by atoms with Gasteiger partial charge in [-0.15, -0.1) is 0 Å². The Labute approximate surface area is 204 Å². The van der Waals surface area contributed by atoms with Crippen LogP contribution in [0, 0.1) is 13.8 Å². The van der Waals surface area contributed by atoms with Crippen molar-refractivity contribution in [3.8, 4) is 11.5 Å². The van der Waals surface area contributed by atoms with Gasteiger partial charge in [0, 0.05) is 5.69 Å². The highest BCUT2D eigenvalue weighted by Gasteiger charge is 2.36. The van der Waals surface area contributed by atoms with Crippen molar-refractivity contribution < 1.29 is 23.9 Å². The van der Waals surface area contributed by atoms with Gasteiger partial charge in [0.25, 0.3) is 11.1 Å². The van der Waals surface area contributed by atoms with E-state index < -0.39 is 17.1 Å². The number of nitrogens with zero attached hydrogens (tertiary/aromatic N) is 1. The summed E-state index contributed by atoms with van der Waals surface area (Å²) in [6, 6.07) is 10.9. The van der Waals surface area contributed by atoms with Crippen LogP contribution >= 0.6 is 11.8 Å². The molecule has 1 aliphatic rings. The Morgan fingerprint density at radius 1 is 1.03 bits per heavy atom. The number of imide groups is 1. The average Bonchev–Trinajstić information content (AvgIpc) is 3.05. The van der Waals surface area contributed by atoms with Gasteiger partial charge >= 0.3 is 0 Å². The molecular formula is C26H30N2O5S. The summed E-state index contributed by atoms with van der Waals surface area (Å²) in [5.74, 6) is 0.299. The summed E-state index contributed by atoms with van der Waals surface area (Å²) in [5, 5.41) is 2.27. The first kappa shape index (κ1) is 25.4. The third kappa shape index (κ3) is 6.41. The summed E-state index contributed by atoms with van der Waals surface area (Å²) in [6.07, 6.45) is 3.60. The Morgan fingerprint density at radius 3 is 2.53 bits per heavy atom. The van der Waals surface area contributed by atoms with Crippen molar-refractivity contribution in [3.63, 3.8) is 0 Å². The summed E-state index contributed by atoms with van der Waals surface area (Å²) < 4.78 is 11.5. The number of carbonyl (C=O) groups excluding carboxylic acids is 3. The van der Waals surface area contributed by atoms with Gasteiger partial charge < -0.3 is 14.8 Å². The Morgan fingerprint density at radius 2 is 1.82 bits per heavy atom. The first-order valence-corrected chi connectivity index (χ1v) is 12.2. The van der Waals surface area contributed by atoms with E-state index in [9.17, 15) is 14.4 Å². The zero-order valence-electron chi connectivity index (χ0n) is 20.0. The van der Waals surface area contributed by atoms with Crippen LogP contribution in [-0.2, 0) is 9.59 Å². The molecule has 2 aromatic carbocycles. The molecule has 3 rings (SSSR count). The average molecular weight is 483 g/mol. The van der Waals surface area contributed by atoms with Crippen LogP contribution in [0.2, 0.25) is 0 Å². The second-order valence-corrected chi connectivity index (χ2v) is 8.95. The number of thioether (sulfide) groups is 1. The largest absolute Gasteiger partial charge is 0.490 e. The van der Waals surface area contributed by atoms with Gasteiger partial charge in [0.1, 0.15) is 6.54 Å². The van der Waals surface area contributed by atoms with Gasteiger partial charge in [-0.1, -0.05) is 25.5 Å². The highest BCUT2D eigenvalue weighted by atomic mass is 32.2. The van der Waals surface area contributed by atoms with Crippen LogP contribution in [-0.4, -0.2) is 41.7 Å². The molecule has 1 fully saturated rings. The van der Waals surface area contributed by atoms with Gasteiger partial charge in [-0.05, 0) is 86.0 Å². The van der Waals surface area contributed by atoms with Crippen molar-refractivity contribution >= 4 is 40.6 Å². The maximum Gasteiger partial charge on any atom is 0.294 e. The second kappa shape index (κ2) is 11.7. The number of aryl methyl sites for hydroxylation is 2.